The summed E-state index contributed by atoms with van der Waals surface area (Å²) in [7, 11) is 1.63. The van der Waals surface area contributed by atoms with Crippen molar-refractivity contribution in [2.24, 2.45) is 0 Å². The van der Waals surface area contributed by atoms with E-state index >= 15 is 0 Å². The van der Waals surface area contributed by atoms with Gasteiger partial charge in [0, 0.05) is 11.4 Å². The molecule has 6 nitrogen and oxygen atoms in total. The Morgan fingerprint density at radius 3 is 2.89 bits per heavy atom. The van der Waals surface area contributed by atoms with Gasteiger partial charge in [0.05, 0.1) is 24.5 Å². The minimum absolute atomic E-state index is 0.0367. The molecule has 1 atom stereocenters. The summed E-state index contributed by atoms with van der Waals surface area (Å²) in [5.41, 5.74) is 0.848. The van der Waals surface area contributed by atoms with E-state index < -0.39 is 0 Å². The third kappa shape index (κ3) is 4.63. The Morgan fingerprint density at radius 1 is 1.36 bits per heavy atom. The first-order chi connectivity index (χ1) is 13.6. The van der Waals surface area contributed by atoms with Crippen molar-refractivity contribution in [2.45, 2.75) is 30.4 Å². The lowest BCUT2D eigenvalue weighted by molar-refractivity contribution is -0.120. The van der Waals surface area contributed by atoms with E-state index in [4.69, 9.17) is 4.74 Å². The quantitative estimate of drug-likeness (QED) is 0.423. The first-order valence-electron chi connectivity index (χ1n) is 8.78. The molecule has 0 radical (unpaired) electrons. The van der Waals surface area contributed by atoms with Gasteiger partial charge in [-0.05, 0) is 30.5 Å². The summed E-state index contributed by atoms with van der Waals surface area (Å²) in [5, 5.41) is 14.0. The fourth-order valence-corrected chi connectivity index (χ4v) is 4.17. The number of benzene rings is 1. The molecule has 0 spiro atoms. The lowest BCUT2D eigenvalue weighted by Gasteiger charge is -2.13. The van der Waals surface area contributed by atoms with E-state index in [2.05, 4.69) is 22.1 Å². The monoisotopic (exact) mass is 414 g/mol. The van der Waals surface area contributed by atoms with Gasteiger partial charge in [0.15, 0.2) is 11.0 Å². The van der Waals surface area contributed by atoms with Crippen molar-refractivity contribution in [3.05, 3.63) is 59.3 Å². The maximum atomic E-state index is 12.5. The summed E-state index contributed by atoms with van der Waals surface area (Å²) in [6, 6.07) is 11.6. The summed E-state index contributed by atoms with van der Waals surface area (Å²) in [5.74, 6) is 1.37. The third-order valence-electron chi connectivity index (χ3n) is 4.04. The molecule has 0 aliphatic carbocycles. The first-order valence-corrected chi connectivity index (χ1v) is 10.5. The van der Waals surface area contributed by atoms with Crippen LogP contribution in [-0.2, 0) is 17.9 Å². The number of thiophene rings is 1. The van der Waals surface area contributed by atoms with Gasteiger partial charge in [-0.25, -0.2) is 0 Å². The molecular weight excluding hydrogens is 392 g/mol. The lowest BCUT2D eigenvalue weighted by atomic mass is 10.2. The Morgan fingerprint density at radius 2 is 2.18 bits per heavy atom. The lowest BCUT2D eigenvalue weighted by Crippen LogP contribution is -2.30. The Bertz CT molecular complexity index is 938. The molecular formula is C20H22N4O2S2. The number of aromatic nitrogens is 3. The van der Waals surface area contributed by atoms with Crippen molar-refractivity contribution in [1.82, 2.24) is 20.1 Å². The molecule has 146 valence electrons. The molecule has 0 fully saturated rings. The van der Waals surface area contributed by atoms with E-state index in [0.717, 1.165) is 16.2 Å². The number of nitrogens with one attached hydrogen (secondary N) is 1. The van der Waals surface area contributed by atoms with Crippen molar-refractivity contribution in [2.75, 3.05) is 7.11 Å². The number of hydrogen-bond acceptors (Lipinski definition) is 6. The van der Waals surface area contributed by atoms with Crippen molar-refractivity contribution in [1.29, 1.82) is 0 Å². The highest BCUT2D eigenvalue weighted by molar-refractivity contribution is 8.00. The van der Waals surface area contributed by atoms with Crippen LogP contribution in [0.2, 0.25) is 0 Å². The van der Waals surface area contributed by atoms with Crippen LogP contribution >= 0.6 is 23.1 Å². The molecule has 3 aromatic rings. The molecule has 1 amide bonds. The standard InChI is InChI=1S/C20H22N4O2S2/c1-4-11-24-18(16-9-5-6-10-17(16)26-3)22-23-20(24)28-14(2)19(25)21-13-15-8-7-12-27-15/h4-10,12,14H,1,11,13H2,2-3H3,(H,21,25)/t14-/m0/s1. The zero-order chi connectivity index (χ0) is 19.9. The third-order valence-corrected chi connectivity index (χ3v) is 6.00. The SMILES string of the molecule is C=CCn1c(S[C@@H](C)C(=O)NCc2cccs2)nnc1-c1ccccc1OC. The highest BCUT2D eigenvalue weighted by Crippen LogP contribution is 2.32. The van der Waals surface area contributed by atoms with Gasteiger partial charge in [0.1, 0.15) is 5.75 Å². The highest BCUT2D eigenvalue weighted by atomic mass is 32.2. The predicted molar refractivity (Wildman–Crippen MR) is 114 cm³/mol. The van der Waals surface area contributed by atoms with Crippen LogP contribution in [0.25, 0.3) is 11.4 Å². The van der Waals surface area contributed by atoms with Gasteiger partial charge >= 0.3 is 0 Å². The van der Waals surface area contributed by atoms with Gasteiger partial charge in [-0.2, -0.15) is 0 Å². The number of allylic oxidation sites excluding steroid dienone is 1. The number of ether oxygens (including phenoxy) is 1. The molecule has 0 unspecified atom stereocenters. The zero-order valence-corrected chi connectivity index (χ0v) is 17.4. The van der Waals surface area contributed by atoms with Crippen LogP contribution in [0.4, 0.5) is 0 Å². The van der Waals surface area contributed by atoms with Crippen LogP contribution in [0, 0.1) is 0 Å². The Balaban J connectivity index is 1.77. The molecule has 3 rings (SSSR count). The second-order valence-electron chi connectivity index (χ2n) is 5.96. The summed E-state index contributed by atoms with van der Waals surface area (Å²) in [6.45, 7) is 6.77. The molecule has 2 aromatic heterocycles. The van der Waals surface area contributed by atoms with Gasteiger partial charge < -0.3 is 10.1 Å². The van der Waals surface area contributed by atoms with E-state index in [1.165, 1.54) is 11.8 Å². The zero-order valence-electron chi connectivity index (χ0n) is 15.8. The number of thioether (sulfide) groups is 1. The van der Waals surface area contributed by atoms with E-state index in [1.807, 2.05) is 53.3 Å². The number of methoxy groups -OCH3 is 1. The molecule has 1 N–H and O–H groups in total. The summed E-state index contributed by atoms with van der Waals surface area (Å²) >= 11 is 3.00. The van der Waals surface area contributed by atoms with Crippen molar-refractivity contribution in [3.63, 3.8) is 0 Å². The van der Waals surface area contributed by atoms with E-state index in [0.29, 0.717) is 24.1 Å². The van der Waals surface area contributed by atoms with Crippen LogP contribution in [0.3, 0.4) is 0 Å². The summed E-state index contributed by atoms with van der Waals surface area (Å²) in [6.07, 6.45) is 1.79. The number of carbonyl (C=O) groups is 1. The minimum Gasteiger partial charge on any atom is -0.496 e. The fraction of sp³-hybridized carbons (Fsp3) is 0.250. The van der Waals surface area contributed by atoms with Gasteiger partial charge in [-0.15, -0.1) is 28.1 Å². The second-order valence-corrected chi connectivity index (χ2v) is 8.30. The highest BCUT2D eigenvalue weighted by Gasteiger charge is 2.21. The summed E-state index contributed by atoms with van der Waals surface area (Å²) < 4.78 is 7.39. The van der Waals surface area contributed by atoms with E-state index in [9.17, 15) is 4.79 Å². The summed E-state index contributed by atoms with van der Waals surface area (Å²) in [4.78, 5) is 13.6. The Hall–Kier alpha value is -2.58. The smallest absolute Gasteiger partial charge is 0.233 e. The normalized spacial score (nSPS) is 11.8. The fourth-order valence-electron chi connectivity index (χ4n) is 2.64. The van der Waals surface area contributed by atoms with Crippen LogP contribution in [-0.4, -0.2) is 33.0 Å². The number of nitrogens with zero attached hydrogens (tertiary/aromatic N) is 3. The first kappa shape index (κ1) is 20.2. The number of rotatable bonds is 9. The largest absolute Gasteiger partial charge is 0.496 e. The molecule has 0 bridgehead atoms. The topological polar surface area (TPSA) is 69.0 Å². The number of amides is 1. The molecule has 8 heteroatoms. The molecule has 28 heavy (non-hydrogen) atoms. The van der Waals surface area contributed by atoms with Gasteiger partial charge in [0.25, 0.3) is 0 Å². The number of carbonyl (C=O) groups excluding carboxylic acids is 1. The molecule has 0 aliphatic rings. The van der Waals surface area contributed by atoms with Crippen LogP contribution in [0.1, 0.15) is 11.8 Å². The second kappa shape index (κ2) is 9.57. The molecule has 0 aliphatic heterocycles. The van der Waals surface area contributed by atoms with Gasteiger partial charge in [0.2, 0.25) is 5.91 Å². The number of hydrogen-bond donors (Lipinski definition) is 1. The van der Waals surface area contributed by atoms with Crippen LogP contribution in [0.15, 0.2) is 59.6 Å². The molecule has 1 aromatic carbocycles. The average Bonchev–Trinajstić information content (AvgIpc) is 3.37. The number of para-hydroxylation sites is 1. The van der Waals surface area contributed by atoms with Crippen molar-refractivity contribution < 1.29 is 9.53 Å². The maximum absolute atomic E-state index is 12.5. The molecule has 2 heterocycles. The van der Waals surface area contributed by atoms with Crippen molar-refractivity contribution >= 4 is 29.0 Å². The minimum atomic E-state index is -0.307. The molecule has 0 saturated heterocycles. The Kier molecular flexibility index (Phi) is 6.89. The van der Waals surface area contributed by atoms with Crippen molar-refractivity contribution in [3.8, 4) is 17.1 Å². The van der Waals surface area contributed by atoms with Crippen LogP contribution < -0.4 is 10.1 Å². The van der Waals surface area contributed by atoms with E-state index in [1.54, 1.807) is 24.5 Å². The predicted octanol–water partition coefficient (Wildman–Crippen LogP) is 4.00. The molecule has 0 saturated carbocycles. The Labute approximate surface area is 172 Å². The van der Waals surface area contributed by atoms with Gasteiger partial charge in [-0.1, -0.05) is 36.0 Å². The average molecular weight is 415 g/mol. The van der Waals surface area contributed by atoms with Crippen LogP contribution in [0.5, 0.6) is 5.75 Å². The van der Waals surface area contributed by atoms with E-state index in [-0.39, 0.29) is 11.2 Å². The maximum Gasteiger partial charge on any atom is 0.233 e. The van der Waals surface area contributed by atoms with Gasteiger partial charge in [-0.3, -0.25) is 9.36 Å².